The van der Waals surface area contributed by atoms with Crippen molar-refractivity contribution in [2.75, 3.05) is 5.75 Å². The van der Waals surface area contributed by atoms with Crippen molar-refractivity contribution < 1.29 is 9.90 Å². The molecule has 1 aromatic heterocycles. The Labute approximate surface area is 202 Å². The number of hydrogen-bond acceptors (Lipinski definition) is 6. The highest BCUT2D eigenvalue weighted by atomic mass is 35.5. The Bertz CT molecular complexity index is 1140. The van der Waals surface area contributed by atoms with Crippen LogP contribution in [0.4, 0.5) is 0 Å². The van der Waals surface area contributed by atoms with Crippen LogP contribution in [0.1, 0.15) is 50.6 Å². The van der Waals surface area contributed by atoms with Crippen molar-refractivity contribution in [3.05, 3.63) is 59.1 Å². The number of amides is 1. The molecule has 1 amide bonds. The average Bonchev–Trinajstić information content (AvgIpc) is 3.26. The molecule has 4 rings (SSSR count). The molecule has 0 aliphatic heterocycles. The van der Waals surface area contributed by atoms with Gasteiger partial charge in [-0.25, -0.2) is 5.43 Å². The largest absolute Gasteiger partial charge is 0.508 e. The lowest BCUT2D eigenvalue weighted by atomic mass is 9.95. The SMILES string of the molecule is C/C(=N/NC(=O)CSc1nnc(-c2ccc(Cl)cc2)n1C1CCCCC1)c1cccc(O)c1. The lowest BCUT2D eigenvalue weighted by molar-refractivity contribution is -0.118. The number of nitrogens with one attached hydrogen (secondary N) is 1. The van der Waals surface area contributed by atoms with E-state index in [1.807, 2.05) is 30.3 Å². The highest BCUT2D eigenvalue weighted by Crippen LogP contribution is 2.35. The van der Waals surface area contributed by atoms with Gasteiger partial charge in [0.1, 0.15) is 5.75 Å². The maximum Gasteiger partial charge on any atom is 0.250 e. The smallest absolute Gasteiger partial charge is 0.250 e. The van der Waals surface area contributed by atoms with Crippen molar-refractivity contribution in [1.82, 2.24) is 20.2 Å². The van der Waals surface area contributed by atoms with Gasteiger partial charge in [-0.1, -0.05) is 54.8 Å². The molecule has 0 bridgehead atoms. The average molecular weight is 484 g/mol. The van der Waals surface area contributed by atoms with Gasteiger partial charge in [0.05, 0.1) is 11.5 Å². The number of halogens is 1. The van der Waals surface area contributed by atoms with E-state index >= 15 is 0 Å². The van der Waals surface area contributed by atoms with Crippen LogP contribution in [0.25, 0.3) is 11.4 Å². The number of carbonyl (C=O) groups excluding carboxylic acids is 1. The molecule has 0 saturated heterocycles. The van der Waals surface area contributed by atoms with Crippen LogP contribution < -0.4 is 5.43 Å². The Morgan fingerprint density at radius 2 is 1.94 bits per heavy atom. The van der Waals surface area contributed by atoms with Gasteiger partial charge in [-0.15, -0.1) is 10.2 Å². The number of carbonyl (C=O) groups is 1. The lowest BCUT2D eigenvalue weighted by Crippen LogP contribution is -2.22. The van der Waals surface area contributed by atoms with E-state index in [2.05, 4.69) is 25.3 Å². The van der Waals surface area contributed by atoms with Crippen LogP contribution >= 0.6 is 23.4 Å². The van der Waals surface area contributed by atoms with E-state index in [0.717, 1.165) is 34.9 Å². The maximum absolute atomic E-state index is 12.5. The number of nitrogens with zero attached hydrogens (tertiary/aromatic N) is 4. The van der Waals surface area contributed by atoms with Crippen molar-refractivity contribution >= 4 is 35.0 Å². The maximum atomic E-state index is 12.5. The van der Waals surface area contributed by atoms with E-state index in [1.54, 1.807) is 25.1 Å². The molecule has 1 aliphatic rings. The van der Waals surface area contributed by atoms with Crippen LogP contribution in [0.15, 0.2) is 58.8 Å². The van der Waals surface area contributed by atoms with Crippen LogP contribution in [0.2, 0.25) is 5.02 Å². The van der Waals surface area contributed by atoms with Crippen LogP contribution in [-0.4, -0.2) is 37.2 Å². The predicted molar refractivity (Wildman–Crippen MR) is 132 cm³/mol. The minimum atomic E-state index is -0.231. The number of phenolic OH excluding ortho intramolecular Hbond substituents is 1. The second-order valence-corrected chi connectivity index (χ2v) is 9.43. The first-order valence-corrected chi connectivity index (χ1v) is 12.3. The van der Waals surface area contributed by atoms with Gasteiger partial charge in [0.25, 0.3) is 5.91 Å². The third-order valence-corrected chi connectivity index (χ3v) is 6.85. The highest BCUT2D eigenvalue weighted by molar-refractivity contribution is 7.99. The van der Waals surface area contributed by atoms with Gasteiger partial charge >= 0.3 is 0 Å². The summed E-state index contributed by atoms with van der Waals surface area (Å²) < 4.78 is 2.18. The zero-order valence-corrected chi connectivity index (χ0v) is 19.9. The van der Waals surface area contributed by atoms with E-state index in [4.69, 9.17) is 11.6 Å². The number of benzene rings is 2. The summed E-state index contributed by atoms with van der Waals surface area (Å²) in [6.45, 7) is 1.78. The Hall–Kier alpha value is -2.84. The summed E-state index contributed by atoms with van der Waals surface area (Å²) in [4.78, 5) is 12.5. The molecule has 1 heterocycles. The second kappa shape index (κ2) is 10.9. The number of hydrazone groups is 1. The van der Waals surface area contributed by atoms with Crippen molar-refractivity contribution in [1.29, 1.82) is 0 Å². The molecule has 7 nitrogen and oxygen atoms in total. The van der Waals surface area contributed by atoms with Gasteiger partial charge < -0.3 is 5.11 Å². The third kappa shape index (κ3) is 5.94. The predicted octanol–water partition coefficient (Wildman–Crippen LogP) is 5.44. The fourth-order valence-corrected chi connectivity index (χ4v) is 4.87. The summed E-state index contributed by atoms with van der Waals surface area (Å²) >= 11 is 7.42. The minimum Gasteiger partial charge on any atom is -0.508 e. The topological polar surface area (TPSA) is 92.4 Å². The highest BCUT2D eigenvalue weighted by Gasteiger charge is 2.24. The molecule has 1 fully saturated rings. The van der Waals surface area contributed by atoms with E-state index < -0.39 is 0 Å². The van der Waals surface area contributed by atoms with Crippen molar-refractivity contribution in [2.45, 2.75) is 50.2 Å². The first-order chi connectivity index (χ1) is 16.0. The number of rotatable bonds is 7. The van der Waals surface area contributed by atoms with Crippen molar-refractivity contribution in [2.24, 2.45) is 5.10 Å². The third-order valence-electron chi connectivity index (χ3n) is 5.65. The molecule has 0 radical (unpaired) electrons. The number of hydrogen-bond donors (Lipinski definition) is 2. The monoisotopic (exact) mass is 483 g/mol. The lowest BCUT2D eigenvalue weighted by Gasteiger charge is -2.25. The van der Waals surface area contributed by atoms with Crippen LogP contribution in [0.5, 0.6) is 5.75 Å². The Balaban J connectivity index is 1.47. The fraction of sp³-hybridized carbons (Fsp3) is 0.333. The fourth-order valence-electron chi connectivity index (χ4n) is 3.94. The van der Waals surface area contributed by atoms with Gasteiger partial charge in [0, 0.05) is 22.2 Å². The summed E-state index contributed by atoms with van der Waals surface area (Å²) in [7, 11) is 0. The number of thioether (sulfide) groups is 1. The minimum absolute atomic E-state index is 0.155. The zero-order valence-electron chi connectivity index (χ0n) is 18.4. The number of aromatic nitrogens is 3. The molecule has 2 aromatic carbocycles. The van der Waals surface area contributed by atoms with Crippen LogP contribution in [0, 0.1) is 0 Å². The summed E-state index contributed by atoms with van der Waals surface area (Å²) in [5.41, 5.74) is 4.90. The first-order valence-electron chi connectivity index (χ1n) is 11.0. The quantitative estimate of drug-likeness (QED) is 0.265. The molecule has 0 spiro atoms. The second-order valence-electron chi connectivity index (χ2n) is 8.05. The zero-order chi connectivity index (χ0) is 23.2. The molecule has 9 heteroatoms. The molecule has 2 N–H and O–H groups in total. The van der Waals surface area contributed by atoms with Gasteiger partial charge in [0.15, 0.2) is 11.0 Å². The van der Waals surface area contributed by atoms with E-state index in [1.165, 1.54) is 31.0 Å². The Kier molecular flexibility index (Phi) is 7.67. The van der Waals surface area contributed by atoms with Gasteiger partial charge in [0.2, 0.25) is 0 Å². The molecule has 33 heavy (non-hydrogen) atoms. The molecule has 1 aliphatic carbocycles. The Morgan fingerprint density at radius 3 is 2.67 bits per heavy atom. The Morgan fingerprint density at radius 1 is 1.18 bits per heavy atom. The summed E-state index contributed by atoms with van der Waals surface area (Å²) in [6.07, 6.45) is 5.75. The summed E-state index contributed by atoms with van der Waals surface area (Å²) in [5.74, 6) is 0.898. The molecular formula is C24H26ClN5O2S. The molecule has 1 saturated carbocycles. The molecule has 172 valence electrons. The first kappa shape index (κ1) is 23.3. The van der Waals surface area contributed by atoms with E-state index in [0.29, 0.717) is 16.8 Å². The van der Waals surface area contributed by atoms with Gasteiger partial charge in [-0.05, 0) is 56.2 Å². The van der Waals surface area contributed by atoms with Crippen LogP contribution in [-0.2, 0) is 4.79 Å². The normalized spacial score (nSPS) is 14.9. The standard InChI is InChI=1S/C24H26ClN5O2S/c1-16(18-6-5-9-21(31)14-18)26-27-22(32)15-33-24-29-28-23(17-10-12-19(25)13-11-17)30(24)20-7-3-2-4-8-20/h5-6,9-14,20,31H,2-4,7-8,15H2,1H3,(H,27,32)/b26-16-. The number of phenols is 1. The van der Waals surface area contributed by atoms with Crippen LogP contribution in [0.3, 0.4) is 0 Å². The molecular weight excluding hydrogens is 458 g/mol. The molecule has 0 unspecified atom stereocenters. The number of aromatic hydroxyl groups is 1. The van der Waals surface area contributed by atoms with Crippen molar-refractivity contribution in [3.8, 4) is 17.1 Å². The van der Waals surface area contributed by atoms with E-state index in [-0.39, 0.29) is 17.4 Å². The summed E-state index contributed by atoms with van der Waals surface area (Å²) in [6, 6.07) is 14.7. The van der Waals surface area contributed by atoms with Gasteiger partial charge in [-0.2, -0.15) is 5.10 Å². The molecule has 0 atom stereocenters. The molecule has 3 aromatic rings. The van der Waals surface area contributed by atoms with Gasteiger partial charge in [-0.3, -0.25) is 9.36 Å². The summed E-state index contributed by atoms with van der Waals surface area (Å²) in [5, 5.41) is 24.1. The van der Waals surface area contributed by atoms with Crippen molar-refractivity contribution in [3.63, 3.8) is 0 Å². The van der Waals surface area contributed by atoms with E-state index in [9.17, 15) is 9.90 Å².